The lowest BCUT2D eigenvalue weighted by Crippen LogP contribution is -2.32. The van der Waals surface area contributed by atoms with Crippen LogP contribution in [0.3, 0.4) is 0 Å². The number of ether oxygens (including phenoxy) is 2. The van der Waals surface area contributed by atoms with E-state index in [1.54, 1.807) is 10.9 Å². The molecule has 6 heteroatoms. The second-order valence-corrected chi connectivity index (χ2v) is 5.31. The minimum Gasteiger partial charge on any atom is -0.462 e. The van der Waals surface area contributed by atoms with Crippen LogP contribution in [0.25, 0.3) is 0 Å². The Labute approximate surface area is 126 Å². The highest BCUT2D eigenvalue weighted by Gasteiger charge is 2.22. The fourth-order valence-corrected chi connectivity index (χ4v) is 2.62. The summed E-state index contributed by atoms with van der Waals surface area (Å²) in [5.41, 5.74) is 1.46. The van der Waals surface area contributed by atoms with E-state index in [0.29, 0.717) is 24.8 Å². The highest BCUT2D eigenvalue weighted by Crippen LogP contribution is 2.17. The van der Waals surface area contributed by atoms with Gasteiger partial charge in [0.25, 0.3) is 0 Å². The van der Waals surface area contributed by atoms with E-state index in [1.807, 2.05) is 14.0 Å². The molecule has 0 N–H and O–H groups in total. The third-order valence-corrected chi connectivity index (χ3v) is 3.86. The third-order valence-electron chi connectivity index (χ3n) is 3.86. The minimum atomic E-state index is -0.297. The second kappa shape index (κ2) is 7.56. The van der Waals surface area contributed by atoms with Gasteiger partial charge in [0.15, 0.2) is 0 Å². The Bertz CT molecular complexity index is 467. The fraction of sp³-hybridized carbons (Fsp3) is 0.733. The smallest absolute Gasteiger partial charge is 0.341 e. The van der Waals surface area contributed by atoms with E-state index in [4.69, 9.17) is 9.47 Å². The first-order valence-electron chi connectivity index (χ1n) is 7.67. The molecule has 0 saturated carbocycles. The number of aryl methyl sites for hydroxylation is 1. The average Bonchev–Trinajstić information content (AvgIpc) is 3.09. The molecule has 0 amide bonds. The van der Waals surface area contributed by atoms with E-state index in [1.165, 1.54) is 0 Å². The number of hydrogen-bond donors (Lipinski definition) is 0. The Balaban J connectivity index is 2.05. The molecule has 0 spiro atoms. The van der Waals surface area contributed by atoms with Crippen molar-refractivity contribution in [3.05, 3.63) is 17.5 Å². The maximum atomic E-state index is 12.0. The summed E-state index contributed by atoms with van der Waals surface area (Å²) in [6.07, 6.45) is 4.16. The zero-order chi connectivity index (χ0) is 15.2. The summed E-state index contributed by atoms with van der Waals surface area (Å²) in [7, 11) is 1.86. The Morgan fingerprint density at radius 1 is 1.57 bits per heavy atom. The van der Waals surface area contributed by atoms with Gasteiger partial charge < -0.3 is 9.47 Å². The number of aromatic nitrogens is 2. The molecule has 1 aromatic rings. The first-order chi connectivity index (χ1) is 10.2. The predicted molar refractivity (Wildman–Crippen MR) is 79.1 cm³/mol. The van der Waals surface area contributed by atoms with Crippen LogP contribution in [-0.4, -0.2) is 53.1 Å². The van der Waals surface area contributed by atoms with Gasteiger partial charge in [0.05, 0.1) is 24.6 Å². The minimum absolute atomic E-state index is 0.297. The van der Waals surface area contributed by atoms with Gasteiger partial charge in [0, 0.05) is 26.7 Å². The molecule has 0 aromatic carbocycles. The van der Waals surface area contributed by atoms with Crippen LogP contribution in [0.4, 0.5) is 0 Å². The normalized spacial score (nSPS) is 18.4. The van der Waals surface area contributed by atoms with Crippen molar-refractivity contribution in [1.82, 2.24) is 14.7 Å². The Morgan fingerprint density at radius 3 is 3.00 bits per heavy atom. The monoisotopic (exact) mass is 295 g/mol. The van der Waals surface area contributed by atoms with Crippen molar-refractivity contribution in [3.63, 3.8) is 0 Å². The molecule has 0 aliphatic carbocycles. The Kier molecular flexibility index (Phi) is 5.76. The van der Waals surface area contributed by atoms with E-state index in [2.05, 4.69) is 16.9 Å². The molecule has 1 unspecified atom stereocenters. The first kappa shape index (κ1) is 16.0. The number of likely N-dealkylation sites (N-methyl/N-ethyl adjacent to an activating group) is 1. The van der Waals surface area contributed by atoms with Gasteiger partial charge in [-0.25, -0.2) is 4.79 Å². The van der Waals surface area contributed by atoms with Gasteiger partial charge >= 0.3 is 5.97 Å². The van der Waals surface area contributed by atoms with Crippen molar-refractivity contribution in [2.24, 2.45) is 7.05 Å². The molecule has 1 aliphatic heterocycles. The molecule has 1 fully saturated rings. The quantitative estimate of drug-likeness (QED) is 0.715. The van der Waals surface area contributed by atoms with Crippen molar-refractivity contribution in [2.45, 2.75) is 39.3 Å². The van der Waals surface area contributed by atoms with Gasteiger partial charge in [-0.2, -0.15) is 5.10 Å². The number of nitrogens with zero attached hydrogens (tertiary/aromatic N) is 3. The molecule has 0 radical (unpaired) electrons. The zero-order valence-corrected chi connectivity index (χ0v) is 13.2. The van der Waals surface area contributed by atoms with Crippen LogP contribution in [0.5, 0.6) is 0 Å². The van der Waals surface area contributed by atoms with Gasteiger partial charge in [-0.1, -0.05) is 6.92 Å². The number of carbonyl (C=O) groups excluding carboxylic acids is 1. The van der Waals surface area contributed by atoms with E-state index < -0.39 is 0 Å². The molecular formula is C15H25N3O3. The van der Waals surface area contributed by atoms with Crippen LogP contribution < -0.4 is 0 Å². The molecule has 1 atom stereocenters. The fourth-order valence-electron chi connectivity index (χ4n) is 2.62. The molecule has 118 valence electrons. The molecule has 1 aromatic heterocycles. The summed E-state index contributed by atoms with van der Waals surface area (Å²) in [6.45, 7) is 7.65. The SMILES string of the molecule is CCOC(=O)c1cnn(C)c1CN(CC)CC1CCCO1. The molecule has 21 heavy (non-hydrogen) atoms. The van der Waals surface area contributed by atoms with Crippen LogP contribution in [0.1, 0.15) is 42.7 Å². The number of esters is 1. The molecule has 2 heterocycles. The Morgan fingerprint density at radius 2 is 2.38 bits per heavy atom. The molecule has 6 nitrogen and oxygen atoms in total. The lowest BCUT2D eigenvalue weighted by molar-refractivity contribution is 0.0521. The lowest BCUT2D eigenvalue weighted by atomic mass is 10.2. The van der Waals surface area contributed by atoms with E-state index >= 15 is 0 Å². The van der Waals surface area contributed by atoms with Gasteiger partial charge in [0.2, 0.25) is 0 Å². The summed E-state index contributed by atoms with van der Waals surface area (Å²) in [5.74, 6) is -0.297. The lowest BCUT2D eigenvalue weighted by Gasteiger charge is -2.24. The van der Waals surface area contributed by atoms with Crippen LogP contribution >= 0.6 is 0 Å². The molecule has 1 saturated heterocycles. The molecule has 0 bridgehead atoms. The highest BCUT2D eigenvalue weighted by molar-refractivity contribution is 5.90. The van der Waals surface area contributed by atoms with Crippen LogP contribution in [0.15, 0.2) is 6.20 Å². The summed E-state index contributed by atoms with van der Waals surface area (Å²) >= 11 is 0. The second-order valence-electron chi connectivity index (χ2n) is 5.31. The maximum Gasteiger partial charge on any atom is 0.341 e. The molecule has 2 rings (SSSR count). The standard InChI is InChI=1S/C15H25N3O3/c1-4-18(10-12-7-6-8-21-12)11-14-13(9-16-17(14)3)15(19)20-5-2/h9,12H,4-8,10-11H2,1-3H3. The van der Waals surface area contributed by atoms with E-state index in [0.717, 1.165) is 38.2 Å². The summed E-state index contributed by atoms with van der Waals surface area (Å²) in [6, 6.07) is 0. The van der Waals surface area contributed by atoms with Crippen LogP contribution in [0, 0.1) is 0 Å². The molecule has 1 aliphatic rings. The number of hydrogen-bond acceptors (Lipinski definition) is 5. The number of rotatable bonds is 7. The van der Waals surface area contributed by atoms with Crippen molar-refractivity contribution in [3.8, 4) is 0 Å². The van der Waals surface area contributed by atoms with Crippen molar-refractivity contribution >= 4 is 5.97 Å². The van der Waals surface area contributed by atoms with Gasteiger partial charge in [-0.05, 0) is 26.3 Å². The Hall–Kier alpha value is -1.40. The van der Waals surface area contributed by atoms with Gasteiger partial charge in [-0.15, -0.1) is 0 Å². The number of carbonyl (C=O) groups is 1. The van der Waals surface area contributed by atoms with Gasteiger partial charge in [-0.3, -0.25) is 9.58 Å². The van der Waals surface area contributed by atoms with Crippen molar-refractivity contribution < 1.29 is 14.3 Å². The van der Waals surface area contributed by atoms with E-state index in [-0.39, 0.29) is 5.97 Å². The topological polar surface area (TPSA) is 56.6 Å². The van der Waals surface area contributed by atoms with E-state index in [9.17, 15) is 4.79 Å². The summed E-state index contributed by atoms with van der Waals surface area (Å²) in [4.78, 5) is 14.3. The zero-order valence-electron chi connectivity index (χ0n) is 13.2. The van der Waals surface area contributed by atoms with Gasteiger partial charge in [0.1, 0.15) is 5.56 Å². The first-order valence-corrected chi connectivity index (χ1v) is 7.67. The van der Waals surface area contributed by atoms with Crippen molar-refractivity contribution in [2.75, 3.05) is 26.3 Å². The third kappa shape index (κ3) is 4.04. The van der Waals surface area contributed by atoms with Crippen molar-refractivity contribution in [1.29, 1.82) is 0 Å². The highest BCUT2D eigenvalue weighted by atomic mass is 16.5. The van der Waals surface area contributed by atoms with Crippen LogP contribution in [0.2, 0.25) is 0 Å². The average molecular weight is 295 g/mol. The summed E-state index contributed by atoms with van der Waals surface area (Å²) < 4.78 is 12.5. The largest absolute Gasteiger partial charge is 0.462 e. The summed E-state index contributed by atoms with van der Waals surface area (Å²) in [5, 5.41) is 4.20. The molecular weight excluding hydrogens is 270 g/mol. The maximum absolute atomic E-state index is 12.0. The van der Waals surface area contributed by atoms with Crippen LogP contribution in [-0.2, 0) is 23.1 Å². The predicted octanol–water partition coefficient (Wildman–Crippen LogP) is 1.60.